The topological polar surface area (TPSA) is 3.24 Å². The predicted octanol–water partition coefficient (Wildman–Crippen LogP) is 4.54. The van der Waals surface area contributed by atoms with Crippen LogP contribution in [0.2, 0.25) is 0 Å². The van der Waals surface area contributed by atoms with Crippen molar-refractivity contribution in [1.29, 1.82) is 0 Å². The highest BCUT2D eigenvalue weighted by molar-refractivity contribution is 5.31. The molecule has 0 aliphatic heterocycles. The summed E-state index contributed by atoms with van der Waals surface area (Å²) in [4.78, 5) is 2.45. The van der Waals surface area contributed by atoms with E-state index in [0.29, 0.717) is 12.0 Å². The first-order valence-electron chi connectivity index (χ1n) is 7.64. The van der Waals surface area contributed by atoms with Crippen molar-refractivity contribution in [2.75, 3.05) is 7.05 Å². The Balaban J connectivity index is 1.68. The highest BCUT2D eigenvalue weighted by Gasteiger charge is 2.21. The van der Waals surface area contributed by atoms with Crippen LogP contribution in [0.3, 0.4) is 0 Å². The van der Waals surface area contributed by atoms with Gasteiger partial charge in [-0.1, -0.05) is 60.3 Å². The molecule has 0 amide bonds. The van der Waals surface area contributed by atoms with E-state index in [1.165, 1.54) is 18.5 Å². The van der Waals surface area contributed by atoms with Crippen molar-refractivity contribution in [3.8, 4) is 0 Å². The summed E-state index contributed by atoms with van der Waals surface area (Å²) in [5.41, 5.74) is 3.03. The van der Waals surface area contributed by atoms with Crippen LogP contribution in [0.25, 0.3) is 0 Å². The Hall–Kier alpha value is -1.76. The average Bonchev–Trinajstić information content (AvgIpc) is 2.56. The molecule has 3 aliphatic carbocycles. The van der Waals surface area contributed by atoms with E-state index in [-0.39, 0.29) is 0 Å². The molecule has 0 radical (unpaired) electrons. The lowest BCUT2D eigenvalue weighted by atomic mass is 9.85. The Morgan fingerprint density at radius 3 is 2.70 bits per heavy atom. The largest absolute Gasteiger partial charge is 0.371 e. The lowest BCUT2D eigenvalue weighted by Crippen LogP contribution is -2.32. The van der Waals surface area contributed by atoms with Gasteiger partial charge in [0.1, 0.15) is 0 Å². The second kappa shape index (κ2) is 6.13. The molecule has 0 heterocycles. The van der Waals surface area contributed by atoms with Gasteiger partial charge in [-0.05, 0) is 31.8 Å². The third-order valence-corrected chi connectivity index (χ3v) is 4.49. The summed E-state index contributed by atoms with van der Waals surface area (Å²) in [7, 11) is 2.24. The molecular weight excluding hydrogens is 242 g/mol. The van der Waals surface area contributed by atoms with Crippen LogP contribution in [0.4, 0.5) is 0 Å². The van der Waals surface area contributed by atoms with E-state index in [0.717, 1.165) is 12.8 Å². The third kappa shape index (κ3) is 2.87. The molecule has 0 N–H and O–H groups in total. The molecule has 0 aromatic heterocycles. The van der Waals surface area contributed by atoms with Gasteiger partial charge in [0.15, 0.2) is 0 Å². The maximum Gasteiger partial charge on any atom is 0.0507 e. The second-order valence-electron chi connectivity index (χ2n) is 5.79. The van der Waals surface area contributed by atoms with E-state index in [2.05, 4.69) is 72.7 Å². The predicted molar refractivity (Wildman–Crippen MR) is 86.2 cm³/mol. The van der Waals surface area contributed by atoms with Crippen LogP contribution in [-0.2, 0) is 0 Å². The Morgan fingerprint density at radius 1 is 1.00 bits per heavy atom. The van der Waals surface area contributed by atoms with Gasteiger partial charge in [0.25, 0.3) is 0 Å². The highest BCUT2D eigenvalue weighted by Crippen LogP contribution is 2.30. The summed E-state index contributed by atoms with van der Waals surface area (Å²) in [5, 5.41) is 0. The molecule has 2 atom stereocenters. The Kier molecular flexibility index (Phi) is 4.05. The molecule has 0 spiro atoms. The molecule has 0 aromatic carbocycles. The van der Waals surface area contributed by atoms with Crippen molar-refractivity contribution in [1.82, 2.24) is 4.90 Å². The van der Waals surface area contributed by atoms with E-state index in [4.69, 9.17) is 0 Å². The van der Waals surface area contributed by atoms with Gasteiger partial charge < -0.3 is 4.90 Å². The van der Waals surface area contributed by atoms with Crippen LogP contribution in [0.5, 0.6) is 0 Å². The molecule has 0 aromatic rings. The maximum atomic E-state index is 2.45. The second-order valence-corrected chi connectivity index (χ2v) is 5.79. The number of hydrogen-bond donors (Lipinski definition) is 0. The zero-order chi connectivity index (χ0) is 13.8. The fraction of sp³-hybridized carbons (Fsp3) is 0.368. The molecule has 0 saturated heterocycles. The fourth-order valence-electron chi connectivity index (χ4n) is 3.18. The Labute approximate surface area is 122 Å². The van der Waals surface area contributed by atoms with Crippen molar-refractivity contribution >= 4 is 0 Å². The highest BCUT2D eigenvalue weighted by atomic mass is 15.1. The molecule has 1 heteroatoms. The molecule has 20 heavy (non-hydrogen) atoms. The smallest absolute Gasteiger partial charge is 0.0507 e. The van der Waals surface area contributed by atoms with Gasteiger partial charge in [-0.2, -0.15) is 0 Å². The SMILES string of the molecule is CN(C1=CC=CCC1)C1C=CC=C(C2C=CC=CC2)C1. The molecule has 0 saturated carbocycles. The van der Waals surface area contributed by atoms with E-state index >= 15 is 0 Å². The summed E-state index contributed by atoms with van der Waals surface area (Å²) < 4.78 is 0. The van der Waals surface area contributed by atoms with Crippen molar-refractivity contribution < 1.29 is 0 Å². The summed E-state index contributed by atoms with van der Waals surface area (Å²) >= 11 is 0. The summed E-state index contributed by atoms with van der Waals surface area (Å²) in [6.45, 7) is 0. The fourth-order valence-corrected chi connectivity index (χ4v) is 3.18. The summed E-state index contributed by atoms with van der Waals surface area (Å²) in [6, 6.07) is 0.507. The molecule has 1 nitrogen and oxygen atoms in total. The number of hydrogen-bond acceptors (Lipinski definition) is 1. The van der Waals surface area contributed by atoms with Gasteiger partial charge >= 0.3 is 0 Å². The Bertz CT molecular complexity index is 528. The Morgan fingerprint density at radius 2 is 1.95 bits per heavy atom. The zero-order valence-electron chi connectivity index (χ0n) is 12.2. The van der Waals surface area contributed by atoms with Crippen LogP contribution < -0.4 is 0 Å². The van der Waals surface area contributed by atoms with Crippen molar-refractivity contribution in [3.05, 3.63) is 72.0 Å². The van der Waals surface area contributed by atoms with E-state index in [1.54, 1.807) is 5.57 Å². The van der Waals surface area contributed by atoms with Crippen molar-refractivity contribution in [2.45, 2.75) is 31.7 Å². The number of likely N-dealkylation sites (N-methyl/N-ethyl adjacent to an activating group) is 1. The van der Waals surface area contributed by atoms with Gasteiger partial charge in [-0.25, -0.2) is 0 Å². The molecular formula is C19H23N. The lowest BCUT2D eigenvalue weighted by Gasteiger charge is -2.34. The third-order valence-electron chi connectivity index (χ3n) is 4.49. The standard InChI is InChI=1S/C19H23N/c1-20(18-12-6-3-7-13-18)19-14-8-11-17(15-19)16-9-4-2-5-10-16/h2-6,8-9,11-12,14,16,19H,7,10,13,15H2,1H3. The van der Waals surface area contributed by atoms with Crippen LogP contribution in [0.15, 0.2) is 72.0 Å². The van der Waals surface area contributed by atoms with Crippen LogP contribution in [0.1, 0.15) is 25.7 Å². The minimum Gasteiger partial charge on any atom is -0.371 e. The quantitative estimate of drug-likeness (QED) is 0.724. The molecule has 3 rings (SSSR count). The van der Waals surface area contributed by atoms with Gasteiger partial charge in [0.2, 0.25) is 0 Å². The molecule has 3 aliphatic rings. The number of rotatable bonds is 3. The monoisotopic (exact) mass is 265 g/mol. The van der Waals surface area contributed by atoms with Gasteiger partial charge in [0.05, 0.1) is 6.04 Å². The summed E-state index contributed by atoms with van der Waals surface area (Å²) in [5.74, 6) is 0.598. The minimum absolute atomic E-state index is 0.507. The number of allylic oxidation sites excluding steroid dienone is 10. The molecule has 0 fully saturated rings. The first kappa shape index (κ1) is 13.2. The van der Waals surface area contributed by atoms with Gasteiger partial charge in [0, 0.05) is 18.7 Å². The van der Waals surface area contributed by atoms with Crippen LogP contribution >= 0.6 is 0 Å². The zero-order valence-corrected chi connectivity index (χ0v) is 12.2. The van der Waals surface area contributed by atoms with Crippen LogP contribution in [0, 0.1) is 5.92 Å². The van der Waals surface area contributed by atoms with Crippen molar-refractivity contribution in [2.24, 2.45) is 5.92 Å². The van der Waals surface area contributed by atoms with Gasteiger partial charge in [-0.3, -0.25) is 0 Å². The molecule has 104 valence electrons. The maximum absolute atomic E-state index is 2.45. The first-order chi connectivity index (χ1) is 9.84. The normalized spacial score (nSPS) is 28.2. The minimum atomic E-state index is 0.507. The average molecular weight is 265 g/mol. The number of nitrogens with zero attached hydrogens (tertiary/aromatic N) is 1. The molecule has 0 bridgehead atoms. The lowest BCUT2D eigenvalue weighted by molar-refractivity contribution is 0.331. The summed E-state index contributed by atoms with van der Waals surface area (Å²) in [6.07, 6.45) is 27.2. The van der Waals surface area contributed by atoms with Crippen molar-refractivity contribution in [3.63, 3.8) is 0 Å². The van der Waals surface area contributed by atoms with E-state index in [1.807, 2.05) is 0 Å². The molecule has 2 unspecified atom stereocenters. The first-order valence-corrected chi connectivity index (χ1v) is 7.64. The van der Waals surface area contributed by atoms with Crippen LogP contribution in [-0.4, -0.2) is 18.0 Å². The van der Waals surface area contributed by atoms with Gasteiger partial charge in [-0.15, -0.1) is 0 Å². The van der Waals surface area contributed by atoms with E-state index < -0.39 is 0 Å². The van der Waals surface area contributed by atoms with E-state index in [9.17, 15) is 0 Å².